The number of aliphatic imine (C=N–C) groups is 2. The molecule has 0 bridgehead atoms. The van der Waals surface area contributed by atoms with Gasteiger partial charge in [0.15, 0.2) is 28.7 Å². The van der Waals surface area contributed by atoms with Gasteiger partial charge in [-0.05, 0) is 22.7 Å². The number of aliphatic hydroxyl groups excluding tert-OH is 5. The number of thiazole rings is 2. The maximum absolute atomic E-state index is 11.5. The van der Waals surface area contributed by atoms with Crippen LogP contribution < -0.4 is 19.4 Å². The standard InChI is InChI=1S/C20H26N6O14S2/c1-8(29)37-17-15(31)11(7-28)40-18(16(17)32)39-9(2-21-12-3-23-19(41-12)25(33)34)10(6-27)38-14(30)5-22-13-4-24-20(42-13)26(35)36/h2-5,9-11,14-18,23-24,27-28,30-32H,6-7H2,1H3/q-2/t9-,10+,11-,14-,15-,16+,17+,18-/m0/s1. The molecule has 0 aromatic carbocycles. The van der Waals surface area contributed by atoms with Crippen molar-refractivity contribution in [3.8, 4) is 0 Å². The third kappa shape index (κ3) is 8.78. The zero-order valence-electron chi connectivity index (χ0n) is 21.4. The summed E-state index contributed by atoms with van der Waals surface area (Å²) in [5.41, 5.74) is 0. The summed E-state index contributed by atoms with van der Waals surface area (Å²) in [4.78, 5) is 22.2. The normalized spacial score (nSPS) is 25.0. The van der Waals surface area contributed by atoms with E-state index in [1.807, 2.05) is 0 Å². The molecule has 0 saturated carbocycles. The molecule has 234 valence electrons. The Morgan fingerprint density at radius 1 is 1.07 bits per heavy atom. The minimum Gasteiger partial charge on any atom is -0.711 e. The second-order valence-corrected chi connectivity index (χ2v) is 10.3. The Labute approximate surface area is 242 Å². The van der Waals surface area contributed by atoms with Gasteiger partial charge in [0, 0.05) is 13.1 Å². The van der Waals surface area contributed by atoms with Gasteiger partial charge in [0.25, 0.3) is 0 Å². The molecule has 3 heterocycles. The first-order chi connectivity index (χ1) is 19.9. The van der Waals surface area contributed by atoms with Gasteiger partial charge in [-0.2, -0.15) is 0 Å². The van der Waals surface area contributed by atoms with Crippen LogP contribution in [-0.4, -0.2) is 116 Å². The molecule has 2 aromatic rings. The Kier molecular flexibility index (Phi) is 11.9. The van der Waals surface area contributed by atoms with Crippen LogP contribution in [0.5, 0.6) is 0 Å². The summed E-state index contributed by atoms with van der Waals surface area (Å²) in [6.07, 6.45) is -8.69. The Morgan fingerprint density at radius 3 is 2.12 bits per heavy atom. The van der Waals surface area contributed by atoms with Crippen molar-refractivity contribution in [2.75, 3.05) is 13.2 Å². The van der Waals surface area contributed by atoms with E-state index >= 15 is 0 Å². The zero-order valence-corrected chi connectivity index (χ0v) is 23.0. The lowest BCUT2D eigenvalue weighted by atomic mass is 9.99. The highest BCUT2D eigenvalue weighted by molar-refractivity contribution is 7.13. The van der Waals surface area contributed by atoms with Crippen LogP contribution in [0.1, 0.15) is 6.92 Å². The second-order valence-electron chi connectivity index (χ2n) is 8.27. The summed E-state index contributed by atoms with van der Waals surface area (Å²) >= 11 is 1.32. The third-order valence-corrected chi connectivity index (χ3v) is 7.11. The molecule has 0 unspecified atom stereocenters. The van der Waals surface area contributed by atoms with Crippen molar-refractivity contribution in [2.45, 2.75) is 56.1 Å². The largest absolute Gasteiger partial charge is 0.711 e. The number of aromatic nitrogens is 2. The average Bonchev–Trinajstić information content (AvgIpc) is 3.62. The molecular weight excluding hydrogens is 612 g/mol. The summed E-state index contributed by atoms with van der Waals surface area (Å²) in [6.45, 7) is -0.596. The molecule has 1 saturated heterocycles. The number of rotatable bonds is 12. The Hall–Kier alpha value is -3.45. The van der Waals surface area contributed by atoms with Crippen LogP contribution in [0, 0.1) is 20.8 Å². The number of esters is 1. The third-order valence-electron chi connectivity index (χ3n) is 5.33. The van der Waals surface area contributed by atoms with Crippen LogP contribution >= 0.6 is 22.7 Å². The number of carbonyl (C=O) groups is 1. The molecule has 1 fully saturated rings. The van der Waals surface area contributed by atoms with E-state index in [-0.39, 0.29) is 19.6 Å². The van der Waals surface area contributed by atoms with Crippen molar-refractivity contribution in [3.05, 3.63) is 42.8 Å². The van der Waals surface area contributed by atoms with Crippen LogP contribution in [0.25, 0.3) is 0 Å². The van der Waals surface area contributed by atoms with Crippen molar-refractivity contribution in [1.82, 2.24) is 19.8 Å². The molecule has 3 rings (SSSR count). The number of carbonyl (C=O) groups excluding carboxylic acids is 1. The maximum Gasteiger partial charge on any atom is 0.341 e. The fraction of sp³-hybridized carbons (Fsp3) is 0.550. The van der Waals surface area contributed by atoms with Crippen LogP contribution in [0.15, 0.2) is 22.4 Å². The van der Waals surface area contributed by atoms with Gasteiger partial charge in [-0.1, -0.05) is 0 Å². The van der Waals surface area contributed by atoms with Gasteiger partial charge in [-0.25, -0.2) is 20.0 Å². The minimum absolute atomic E-state index is 0.0798. The van der Waals surface area contributed by atoms with Crippen LogP contribution in [-0.2, 0) is 23.7 Å². The van der Waals surface area contributed by atoms with Crippen molar-refractivity contribution in [3.63, 3.8) is 0 Å². The fourth-order valence-electron chi connectivity index (χ4n) is 3.46. The van der Waals surface area contributed by atoms with Crippen molar-refractivity contribution >= 4 is 51.1 Å². The fourth-order valence-corrected chi connectivity index (χ4v) is 4.71. The predicted molar refractivity (Wildman–Crippen MR) is 144 cm³/mol. The highest BCUT2D eigenvalue weighted by atomic mass is 32.1. The predicted octanol–water partition coefficient (Wildman–Crippen LogP) is -3.44. The number of nitrogens with one attached hydrogen (secondary N) is 2. The lowest BCUT2D eigenvalue weighted by Crippen LogP contribution is -2.61. The number of hydrogen-bond donors (Lipinski definition) is 7. The SMILES string of the molecule is CC(=O)O[C@@H]1[C@@H](O)[C@H](CO)O[C@H](O[C@@H](C=Nc2c[nH]c(=[N+]([O-])[O-])s2)[C@@H](CO)O[C@H](O)C=Nc2c[nH]c(=[N+]([O-])[O-])s2)[C@@H]1O. The van der Waals surface area contributed by atoms with Gasteiger partial charge >= 0.3 is 15.6 Å². The van der Waals surface area contributed by atoms with E-state index in [4.69, 9.17) is 18.9 Å². The van der Waals surface area contributed by atoms with Gasteiger partial charge < -0.3 is 65.3 Å². The lowest BCUT2D eigenvalue weighted by molar-refractivity contribution is -0.315. The Balaban J connectivity index is 1.87. The van der Waals surface area contributed by atoms with Crippen molar-refractivity contribution < 1.29 is 49.3 Å². The molecular formula is C20H26N6O14S2-2. The molecule has 0 spiro atoms. The topological polar surface area (TPSA) is 310 Å². The Morgan fingerprint density at radius 2 is 1.64 bits per heavy atom. The van der Waals surface area contributed by atoms with E-state index < -0.39 is 78.2 Å². The van der Waals surface area contributed by atoms with Gasteiger partial charge in [0.05, 0.1) is 19.4 Å². The summed E-state index contributed by atoms with van der Waals surface area (Å²) in [6, 6.07) is 0. The zero-order chi connectivity index (χ0) is 31.0. The lowest BCUT2D eigenvalue weighted by Gasteiger charge is -2.42. The van der Waals surface area contributed by atoms with Crippen LogP contribution in [0.3, 0.4) is 0 Å². The molecule has 2 aromatic heterocycles. The van der Waals surface area contributed by atoms with Gasteiger partial charge in [0.1, 0.15) is 42.9 Å². The smallest absolute Gasteiger partial charge is 0.341 e. The average molecular weight is 639 g/mol. The van der Waals surface area contributed by atoms with Gasteiger partial charge in [-0.3, -0.25) is 14.6 Å². The van der Waals surface area contributed by atoms with E-state index in [9.17, 15) is 51.2 Å². The van der Waals surface area contributed by atoms with Gasteiger partial charge in [0.2, 0.25) is 0 Å². The molecule has 0 aliphatic carbocycles. The molecule has 0 radical (unpaired) electrons. The van der Waals surface area contributed by atoms with Crippen molar-refractivity contribution in [1.29, 1.82) is 0 Å². The molecule has 1 aliphatic rings. The number of hydrogen-bond acceptors (Lipinski definition) is 18. The first kappa shape index (κ1) is 33.1. The van der Waals surface area contributed by atoms with Crippen LogP contribution in [0.2, 0.25) is 0 Å². The van der Waals surface area contributed by atoms with Gasteiger partial charge in [-0.15, -0.1) is 0 Å². The number of aliphatic hydroxyl groups is 5. The molecule has 8 atom stereocenters. The van der Waals surface area contributed by atoms with Crippen molar-refractivity contribution in [2.24, 2.45) is 9.98 Å². The number of nitrogens with zero attached hydrogens (tertiary/aromatic N) is 4. The summed E-state index contributed by atoms with van der Waals surface area (Å²) in [5.74, 6) is -0.864. The minimum atomic E-state index is -1.82. The molecule has 42 heavy (non-hydrogen) atoms. The molecule has 7 N–H and O–H groups in total. The first-order valence-electron chi connectivity index (χ1n) is 11.7. The molecule has 22 heteroatoms. The number of aromatic amines is 2. The van der Waals surface area contributed by atoms with E-state index in [0.29, 0.717) is 22.7 Å². The number of ether oxygens (including phenoxy) is 4. The summed E-state index contributed by atoms with van der Waals surface area (Å²) in [7, 11) is 0. The van der Waals surface area contributed by atoms with E-state index in [2.05, 4.69) is 20.0 Å². The highest BCUT2D eigenvalue weighted by Crippen LogP contribution is 2.26. The van der Waals surface area contributed by atoms with Crippen LogP contribution in [0.4, 0.5) is 10.0 Å². The van der Waals surface area contributed by atoms with E-state index in [1.165, 1.54) is 12.4 Å². The molecule has 0 amide bonds. The second kappa shape index (κ2) is 15.1. The highest BCUT2D eigenvalue weighted by Gasteiger charge is 2.48. The monoisotopic (exact) mass is 638 g/mol. The molecule has 1 aliphatic heterocycles. The van der Waals surface area contributed by atoms with E-state index in [0.717, 1.165) is 19.4 Å². The first-order valence-corrected chi connectivity index (χ1v) is 13.4. The summed E-state index contributed by atoms with van der Waals surface area (Å²) in [5, 5.41) is 94.8. The summed E-state index contributed by atoms with van der Waals surface area (Å²) < 4.78 is 21.5. The number of H-pyrrole nitrogens is 2. The maximum atomic E-state index is 11.5. The molecule has 20 nitrogen and oxygen atoms in total. The van der Waals surface area contributed by atoms with E-state index in [1.54, 1.807) is 0 Å². The Bertz CT molecular complexity index is 1360. The quantitative estimate of drug-likeness (QED) is 0.0515.